The maximum atomic E-state index is 6.38. The highest BCUT2D eigenvalue weighted by atomic mass is 15.1. The van der Waals surface area contributed by atoms with Crippen LogP contribution in [0.2, 0.25) is 0 Å². The summed E-state index contributed by atoms with van der Waals surface area (Å²) in [5.41, 5.74) is 8.71. The van der Waals surface area contributed by atoms with Crippen LogP contribution in [-0.4, -0.2) is 15.6 Å². The molecule has 3 rings (SSSR count). The van der Waals surface area contributed by atoms with Crippen LogP contribution >= 0.6 is 0 Å². The number of para-hydroxylation sites is 2. The number of benzene rings is 1. The lowest BCUT2D eigenvalue weighted by Crippen LogP contribution is -2.27. The van der Waals surface area contributed by atoms with Gasteiger partial charge in [-0.25, -0.2) is 4.98 Å². The van der Waals surface area contributed by atoms with Crippen LogP contribution in [0, 0.1) is 5.92 Å². The summed E-state index contributed by atoms with van der Waals surface area (Å²) < 4.78 is 2.31. The molecule has 1 atom stereocenters. The highest BCUT2D eigenvalue weighted by molar-refractivity contribution is 5.75. The fourth-order valence-corrected chi connectivity index (χ4v) is 3.63. The molecule has 0 radical (unpaired) electrons. The summed E-state index contributed by atoms with van der Waals surface area (Å²) in [5.74, 6) is 2.00. The number of hydrogen-bond acceptors (Lipinski definition) is 2. The summed E-state index contributed by atoms with van der Waals surface area (Å²) in [4.78, 5) is 4.78. The van der Waals surface area contributed by atoms with Gasteiger partial charge in [-0.15, -0.1) is 0 Å². The lowest BCUT2D eigenvalue weighted by molar-refractivity contribution is 0.433. The summed E-state index contributed by atoms with van der Waals surface area (Å²) in [6.45, 7) is 3.14. The molecule has 20 heavy (non-hydrogen) atoms. The predicted octanol–water partition coefficient (Wildman–Crippen LogP) is 3.51. The zero-order chi connectivity index (χ0) is 13.9. The SMILES string of the molecule is CCn1c(CC(N)CC2CCCC2)nc2ccccc21. The Bertz CT molecular complexity index is 567. The van der Waals surface area contributed by atoms with E-state index < -0.39 is 0 Å². The normalized spacial score (nSPS) is 17.9. The zero-order valence-electron chi connectivity index (χ0n) is 12.4. The largest absolute Gasteiger partial charge is 0.328 e. The minimum Gasteiger partial charge on any atom is -0.328 e. The van der Waals surface area contributed by atoms with Gasteiger partial charge < -0.3 is 10.3 Å². The van der Waals surface area contributed by atoms with E-state index in [1.807, 2.05) is 0 Å². The molecule has 3 heteroatoms. The monoisotopic (exact) mass is 271 g/mol. The molecular formula is C17H25N3. The van der Waals surface area contributed by atoms with Crippen molar-refractivity contribution in [2.45, 2.75) is 58.0 Å². The van der Waals surface area contributed by atoms with Gasteiger partial charge in [0.2, 0.25) is 0 Å². The molecule has 0 bridgehead atoms. The molecule has 108 valence electrons. The topological polar surface area (TPSA) is 43.8 Å². The van der Waals surface area contributed by atoms with Crippen molar-refractivity contribution in [3.63, 3.8) is 0 Å². The van der Waals surface area contributed by atoms with Gasteiger partial charge in [-0.2, -0.15) is 0 Å². The number of aryl methyl sites for hydroxylation is 1. The van der Waals surface area contributed by atoms with Gasteiger partial charge in [0.15, 0.2) is 0 Å². The summed E-state index contributed by atoms with van der Waals surface area (Å²) in [6.07, 6.45) is 7.59. The van der Waals surface area contributed by atoms with Gasteiger partial charge in [0.25, 0.3) is 0 Å². The first kappa shape index (κ1) is 13.6. The van der Waals surface area contributed by atoms with Crippen molar-refractivity contribution < 1.29 is 0 Å². The molecule has 1 aliphatic carbocycles. The molecule has 0 aliphatic heterocycles. The van der Waals surface area contributed by atoms with E-state index >= 15 is 0 Å². The second-order valence-corrected chi connectivity index (χ2v) is 6.11. The standard InChI is InChI=1S/C17H25N3/c1-2-20-16-10-6-5-9-15(16)19-17(20)12-14(18)11-13-7-3-4-8-13/h5-6,9-10,13-14H,2-4,7-8,11-12,18H2,1H3. The van der Waals surface area contributed by atoms with Crippen LogP contribution in [-0.2, 0) is 13.0 Å². The van der Waals surface area contributed by atoms with Crippen molar-refractivity contribution in [3.05, 3.63) is 30.1 Å². The Labute approximate surface area is 121 Å². The summed E-state index contributed by atoms with van der Waals surface area (Å²) in [5, 5.41) is 0. The number of rotatable bonds is 5. The van der Waals surface area contributed by atoms with Gasteiger partial charge in [0, 0.05) is 19.0 Å². The molecule has 2 aromatic rings. The van der Waals surface area contributed by atoms with Crippen LogP contribution in [0.15, 0.2) is 24.3 Å². The predicted molar refractivity (Wildman–Crippen MR) is 83.7 cm³/mol. The molecule has 0 saturated heterocycles. The summed E-state index contributed by atoms with van der Waals surface area (Å²) in [6, 6.07) is 8.63. The molecular weight excluding hydrogens is 246 g/mol. The Morgan fingerprint density at radius 2 is 2.05 bits per heavy atom. The number of nitrogens with two attached hydrogens (primary N) is 1. The van der Waals surface area contributed by atoms with Crippen LogP contribution in [0.5, 0.6) is 0 Å². The lowest BCUT2D eigenvalue weighted by Gasteiger charge is -2.16. The van der Waals surface area contributed by atoms with E-state index in [4.69, 9.17) is 10.7 Å². The van der Waals surface area contributed by atoms with E-state index in [0.717, 1.165) is 36.6 Å². The number of nitrogens with zero attached hydrogens (tertiary/aromatic N) is 2. The van der Waals surface area contributed by atoms with Crippen molar-refractivity contribution in [1.82, 2.24) is 9.55 Å². The van der Waals surface area contributed by atoms with Gasteiger partial charge in [-0.3, -0.25) is 0 Å². The van der Waals surface area contributed by atoms with Crippen molar-refractivity contribution >= 4 is 11.0 Å². The third-order valence-corrected chi connectivity index (χ3v) is 4.61. The molecule has 1 saturated carbocycles. The van der Waals surface area contributed by atoms with E-state index in [9.17, 15) is 0 Å². The Hall–Kier alpha value is -1.35. The Morgan fingerprint density at radius 3 is 2.80 bits per heavy atom. The van der Waals surface area contributed by atoms with Gasteiger partial charge in [0.1, 0.15) is 5.82 Å². The lowest BCUT2D eigenvalue weighted by atomic mass is 9.97. The fraction of sp³-hybridized carbons (Fsp3) is 0.588. The zero-order valence-corrected chi connectivity index (χ0v) is 12.4. The van der Waals surface area contributed by atoms with Crippen LogP contribution < -0.4 is 5.73 Å². The quantitative estimate of drug-likeness (QED) is 0.904. The van der Waals surface area contributed by atoms with Crippen LogP contribution in [0.3, 0.4) is 0 Å². The van der Waals surface area contributed by atoms with E-state index in [2.05, 4.69) is 35.8 Å². The van der Waals surface area contributed by atoms with E-state index in [-0.39, 0.29) is 6.04 Å². The molecule has 0 amide bonds. The first-order chi connectivity index (χ1) is 9.78. The number of imidazole rings is 1. The Balaban J connectivity index is 1.75. The van der Waals surface area contributed by atoms with Crippen LogP contribution in [0.4, 0.5) is 0 Å². The average molecular weight is 271 g/mol. The molecule has 1 aliphatic rings. The van der Waals surface area contributed by atoms with Gasteiger partial charge in [0.05, 0.1) is 11.0 Å². The third-order valence-electron chi connectivity index (χ3n) is 4.61. The second-order valence-electron chi connectivity index (χ2n) is 6.11. The van der Waals surface area contributed by atoms with E-state index in [0.29, 0.717) is 0 Å². The maximum absolute atomic E-state index is 6.38. The van der Waals surface area contributed by atoms with E-state index in [1.54, 1.807) is 0 Å². The summed E-state index contributed by atoms with van der Waals surface area (Å²) in [7, 11) is 0. The molecule has 1 aromatic heterocycles. The number of aromatic nitrogens is 2. The molecule has 0 spiro atoms. The van der Waals surface area contributed by atoms with E-state index in [1.165, 1.54) is 31.2 Å². The van der Waals surface area contributed by atoms with Crippen molar-refractivity contribution in [2.24, 2.45) is 11.7 Å². The van der Waals surface area contributed by atoms with Crippen LogP contribution in [0.25, 0.3) is 11.0 Å². The Morgan fingerprint density at radius 1 is 1.30 bits per heavy atom. The molecule has 1 fully saturated rings. The fourth-order valence-electron chi connectivity index (χ4n) is 3.63. The maximum Gasteiger partial charge on any atom is 0.111 e. The second kappa shape index (κ2) is 5.96. The molecule has 1 aromatic carbocycles. The average Bonchev–Trinajstić information content (AvgIpc) is 3.05. The van der Waals surface area contributed by atoms with Crippen LogP contribution in [0.1, 0.15) is 44.9 Å². The van der Waals surface area contributed by atoms with Gasteiger partial charge in [-0.1, -0.05) is 37.8 Å². The molecule has 1 heterocycles. The number of hydrogen-bond donors (Lipinski definition) is 1. The van der Waals surface area contributed by atoms with Gasteiger partial charge in [-0.05, 0) is 31.4 Å². The van der Waals surface area contributed by atoms with Gasteiger partial charge >= 0.3 is 0 Å². The van der Waals surface area contributed by atoms with Crippen molar-refractivity contribution in [2.75, 3.05) is 0 Å². The molecule has 1 unspecified atom stereocenters. The molecule has 2 N–H and O–H groups in total. The van der Waals surface area contributed by atoms with Crippen molar-refractivity contribution in [1.29, 1.82) is 0 Å². The first-order valence-corrected chi connectivity index (χ1v) is 7.97. The smallest absolute Gasteiger partial charge is 0.111 e. The minimum atomic E-state index is 0.250. The highest BCUT2D eigenvalue weighted by Gasteiger charge is 2.20. The minimum absolute atomic E-state index is 0.250. The number of fused-ring (bicyclic) bond motifs is 1. The van der Waals surface area contributed by atoms with Crippen molar-refractivity contribution in [3.8, 4) is 0 Å². The highest BCUT2D eigenvalue weighted by Crippen LogP contribution is 2.29. The summed E-state index contributed by atoms with van der Waals surface area (Å²) >= 11 is 0. The Kier molecular flexibility index (Phi) is 4.06. The molecule has 3 nitrogen and oxygen atoms in total. The first-order valence-electron chi connectivity index (χ1n) is 7.97. The third kappa shape index (κ3) is 2.73.